The first-order valence-corrected chi connectivity index (χ1v) is 6.19. The third kappa shape index (κ3) is 3.33. The number of furan rings is 1. The molecule has 2 N–H and O–H groups in total. The number of rotatable bonds is 4. The highest BCUT2D eigenvalue weighted by Gasteiger charge is 2.18. The molecule has 1 heterocycles. The van der Waals surface area contributed by atoms with E-state index < -0.39 is 5.97 Å². The van der Waals surface area contributed by atoms with Crippen molar-refractivity contribution in [2.45, 2.75) is 45.2 Å². The first-order valence-electron chi connectivity index (χ1n) is 6.19. The summed E-state index contributed by atoms with van der Waals surface area (Å²) in [6, 6.07) is 2.12. The average Bonchev–Trinajstić information content (AvgIpc) is 2.75. The molecule has 2 unspecified atom stereocenters. The van der Waals surface area contributed by atoms with Crippen molar-refractivity contribution in [3.8, 4) is 0 Å². The summed E-state index contributed by atoms with van der Waals surface area (Å²) in [5, 5.41) is 12.2. The van der Waals surface area contributed by atoms with E-state index >= 15 is 0 Å². The Morgan fingerprint density at radius 3 is 3.06 bits per heavy atom. The van der Waals surface area contributed by atoms with Crippen molar-refractivity contribution in [3.63, 3.8) is 0 Å². The van der Waals surface area contributed by atoms with E-state index in [1.54, 1.807) is 6.07 Å². The predicted molar refractivity (Wildman–Crippen MR) is 63.9 cm³/mol. The van der Waals surface area contributed by atoms with Crippen molar-refractivity contribution in [3.05, 3.63) is 23.7 Å². The van der Waals surface area contributed by atoms with Gasteiger partial charge in [0.2, 0.25) is 0 Å². The fourth-order valence-corrected chi connectivity index (χ4v) is 2.45. The molecular weight excluding hydrogens is 218 g/mol. The highest BCUT2D eigenvalue weighted by molar-refractivity contribution is 5.87. The molecule has 0 aromatic carbocycles. The molecule has 1 aromatic heterocycles. The normalized spacial score (nSPS) is 24.8. The fraction of sp³-hybridized carbons (Fsp3) is 0.615. The lowest BCUT2D eigenvalue weighted by molar-refractivity contribution is 0.0696. The van der Waals surface area contributed by atoms with Crippen LogP contribution in [0.4, 0.5) is 0 Å². The quantitative estimate of drug-likeness (QED) is 0.845. The fourth-order valence-electron chi connectivity index (χ4n) is 2.45. The van der Waals surface area contributed by atoms with Crippen molar-refractivity contribution in [2.75, 3.05) is 0 Å². The van der Waals surface area contributed by atoms with Gasteiger partial charge in [-0.05, 0) is 24.8 Å². The van der Waals surface area contributed by atoms with Crippen molar-refractivity contribution in [2.24, 2.45) is 5.92 Å². The van der Waals surface area contributed by atoms with Gasteiger partial charge in [0.15, 0.2) is 0 Å². The van der Waals surface area contributed by atoms with Gasteiger partial charge in [0.25, 0.3) is 0 Å². The van der Waals surface area contributed by atoms with Crippen LogP contribution in [-0.4, -0.2) is 17.1 Å². The minimum absolute atomic E-state index is 0.221. The van der Waals surface area contributed by atoms with Gasteiger partial charge in [-0.3, -0.25) is 0 Å². The predicted octanol–water partition coefficient (Wildman–Crippen LogP) is 2.65. The molecule has 1 saturated carbocycles. The minimum atomic E-state index is -0.939. The summed E-state index contributed by atoms with van der Waals surface area (Å²) in [5.74, 6) is 0.541. The second-order valence-electron chi connectivity index (χ2n) is 4.96. The van der Waals surface area contributed by atoms with Crippen LogP contribution >= 0.6 is 0 Å². The van der Waals surface area contributed by atoms with Gasteiger partial charge in [0, 0.05) is 6.04 Å². The molecule has 94 valence electrons. The Kier molecular flexibility index (Phi) is 3.84. The topological polar surface area (TPSA) is 62.5 Å². The zero-order chi connectivity index (χ0) is 12.3. The largest absolute Gasteiger partial charge is 0.478 e. The molecule has 1 aliphatic carbocycles. The Balaban J connectivity index is 1.82. The van der Waals surface area contributed by atoms with Gasteiger partial charge in [-0.1, -0.05) is 19.8 Å². The highest BCUT2D eigenvalue weighted by Crippen LogP contribution is 2.23. The Morgan fingerprint density at radius 1 is 1.59 bits per heavy atom. The number of carbonyl (C=O) groups is 1. The van der Waals surface area contributed by atoms with Gasteiger partial charge in [-0.15, -0.1) is 0 Å². The zero-order valence-electron chi connectivity index (χ0n) is 10.1. The Morgan fingerprint density at radius 2 is 2.41 bits per heavy atom. The van der Waals surface area contributed by atoms with Gasteiger partial charge >= 0.3 is 5.97 Å². The molecule has 1 fully saturated rings. The van der Waals surface area contributed by atoms with Crippen LogP contribution in [0.5, 0.6) is 0 Å². The maximum absolute atomic E-state index is 10.7. The number of carboxylic acid groups (broad SMARTS) is 1. The van der Waals surface area contributed by atoms with E-state index in [1.165, 1.54) is 31.9 Å². The van der Waals surface area contributed by atoms with Crippen LogP contribution in [0.15, 0.2) is 16.7 Å². The second-order valence-corrected chi connectivity index (χ2v) is 4.96. The molecular formula is C13H19NO3. The van der Waals surface area contributed by atoms with Gasteiger partial charge in [0.05, 0.1) is 12.1 Å². The Hall–Kier alpha value is -1.29. The van der Waals surface area contributed by atoms with Crippen LogP contribution in [0.25, 0.3) is 0 Å². The van der Waals surface area contributed by atoms with E-state index in [0.29, 0.717) is 18.3 Å². The number of hydrogen-bond acceptors (Lipinski definition) is 3. The summed E-state index contributed by atoms with van der Waals surface area (Å²) in [5.41, 5.74) is 0.221. The van der Waals surface area contributed by atoms with Crippen molar-refractivity contribution >= 4 is 5.97 Å². The summed E-state index contributed by atoms with van der Waals surface area (Å²) in [6.45, 7) is 2.90. The van der Waals surface area contributed by atoms with E-state index in [2.05, 4.69) is 12.2 Å². The van der Waals surface area contributed by atoms with E-state index in [4.69, 9.17) is 9.52 Å². The lowest BCUT2D eigenvalue weighted by atomic mass is 9.87. The average molecular weight is 237 g/mol. The van der Waals surface area contributed by atoms with Gasteiger partial charge in [-0.2, -0.15) is 0 Å². The molecule has 0 spiro atoms. The first-order chi connectivity index (χ1) is 8.15. The SMILES string of the molecule is CC1CCCC(NCc2cc(C(=O)O)co2)C1. The van der Waals surface area contributed by atoms with Crippen LogP contribution in [0.3, 0.4) is 0 Å². The third-order valence-corrected chi connectivity index (χ3v) is 3.40. The molecule has 1 aromatic rings. The van der Waals surface area contributed by atoms with E-state index in [0.717, 1.165) is 5.92 Å². The number of hydrogen-bond donors (Lipinski definition) is 2. The van der Waals surface area contributed by atoms with Crippen LogP contribution in [0.2, 0.25) is 0 Å². The Labute approximate surface area is 101 Å². The minimum Gasteiger partial charge on any atom is -0.478 e. The van der Waals surface area contributed by atoms with Gasteiger partial charge < -0.3 is 14.8 Å². The standard InChI is InChI=1S/C13H19NO3/c1-9-3-2-4-11(5-9)14-7-12-6-10(8-17-12)13(15)16/h6,8-9,11,14H,2-5,7H2,1H3,(H,15,16). The lowest BCUT2D eigenvalue weighted by Gasteiger charge is -2.27. The lowest BCUT2D eigenvalue weighted by Crippen LogP contribution is -2.32. The van der Waals surface area contributed by atoms with Crippen LogP contribution in [0, 0.1) is 5.92 Å². The summed E-state index contributed by atoms with van der Waals surface area (Å²) >= 11 is 0. The Bertz CT molecular complexity index is 386. The summed E-state index contributed by atoms with van der Waals surface area (Å²) in [6.07, 6.45) is 6.30. The maximum Gasteiger partial charge on any atom is 0.338 e. The van der Waals surface area contributed by atoms with Crippen LogP contribution in [0.1, 0.15) is 48.7 Å². The molecule has 17 heavy (non-hydrogen) atoms. The molecule has 0 saturated heterocycles. The molecule has 2 rings (SSSR count). The second kappa shape index (κ2) is 5.36. The molecule has 0 bridgehead atoms. The maximum atomic E-state index is 10.7. The number of aromatic carboxylic acids is 1. The summed E-state index contributed by atoms with van der Waals surface area (Å²) in [7, 11) is 0. The molecule has 4 heteroatoms. The summed E-state index contributed by atoms with van der Waals surface area (Å²) < 4.78 is 5.20. The molecule has 2 atom stereocenters. The van der Waals surface area contributed by atoms with E-state index in [1.807, 2.05) is 0 Å². The van der Waals surface area contributed by atoms with Crippen molar-refractivity contribution < 1.29 is 14.3 Å². The third-order valence-electron chi connectivity index (χ3n) is 3.40. The van der Waals surface area contributed by atoms with E-state index in [9.17, 15) is 4.79 Å². The molecule has 0 radical (unpaired) electrons. The number of nitrogens with one attached hydrogen (secondary N) is 1. The number of carboxylic acids is 1. The van der Waals surface area contributed by atoms with E-state index in [-0.39, 0.29) is 5.56 Å². The van der Waals surface area contributed by atoms with Crippen LogP contribution in [-0.2, 0) is 6.54 Å². The molecule has 0 amide bonds. The molecule has 0 aliphatic heterocycles. The van der Waals surface area contributed by atoms with Gasteiger partial charge in [-0.25, -0.2) is 4.79 Å². The van der Waals surface area contributed by atoms with Crippen molar-refractivity contribution in [1.29, 1.82) is 0 Å². The van der Waals surface area contributed by atoms with Crippen molar-refractivity contribution in [1.82, 2.24) is 5.32 Å². The summed E-state index contributed by atoms with van der Waals surface area (Å²) in [4.78, 5) is 10.7. The smallest absolute Gasteiger partial charge is 0.338 e. The molecule has 4 nitrogen and oxygen atoms in total. The highest BCUT2D eigenvalue weighted by atomic mass is 16.4. The monoisotopic (exact) mass is 237 g/mol. The zero-order valence-corrected chi connectivity index (χ0v) is 10.1. The molecule has 1 aliphatic rings. The first kappa shape index (κ1) is 12.2. The van der Waals surface area contributed by atoms with Crippen LogP contribution < -0.4 is 5.32 Å². The van der Waals surface area contributed by atoms with Gasteiger partial charge in [0.1, 0.15) is 12.0 Å².